The minimum Gasteiger partial charge on any atom is -0.388 e. The SMILES string of the molecule is O=[N+]([O-])C1CCCC1C(O)c1ccc(Cl)cc1. The highest BCUT2D eigenvalue weighted by atomic mass is 35.5. The van der Waals surface area contributed by atoms with Crippen molar-refractivity contribution in [1.82, 2.24) is 0 Å². The van der Waals surface area contributed by atoms with Crippen molar-refractivity contribution >= 4 is 11.6 Å². The van der Waals surface area contributed by atoms with E-state index < -0.39 is 12.1 Å². The van der Waals surface area contributed by atoms with E-state index in [0.717, 1.165) is 6.42 Å². The number of halogens is 1. The lowest BCUT2D eigenvalue weighted by Gasteiger charge is -2.20. The minimum atomic E-state index is -0.773. The molecule has 1 aliphatic rings. The number of nitrogens with zero attached hydrogens (tertiary/aromatic N) is 1. The molecular weight excluding hydrogens is 242 g/mol. The molecule has 17 heavy (non-hydrogen) atoms. The van der Waals surface area contributed by atoms with E-state index in [4.69, 9.17) is 11.6 Å². The van der Waals surface area contributed by atoms with E-state index >= 15 is 0 Å². The smallest absolute Gasteiger partial charge is 0.218 e. The molecule has 0 aliphatic heterocycles. The summed E-state index contributed by atoms with van der Waals surface area (Å²) in [5.41, 5.74) is 0.702. The van der Waals surface area contributed by atoms with Crippen molar-refractivity contribution < 1.29 is 10.0 Å². The molecular formula is C12H14ClNO3. The van der Waals surface area contributed by atoms with Crippen molar-refractivity contribution in [3.63, 3.8) is 0 Å². The predicted octanol–water partition coefficient (Wildman–Crippen LogP) is 2.82. The topological polar surface area (TPSA) is 63.4 Å². The van der Waals surface area contributed by atoms with Crippen LogP contribution < -0.4 is 0 Å². The summed E-state index contributed by atoms with van der Waals surface area (Å²) >= 11 is 5.77. The Labute approximate surface area is 104 Å². The molecule has 0 radical (unpaired) electrons. The van der Waals surface area contributed by atoms with Gasteiger partial charge in [-0.25, -0.2) is 0 Å². The largest absolute Gasteiger partial charge is 0.388 e. The lowest BCUT2D eigenvalue weighted by molar-refractivity contribution is -0.531. The molecule has 1 N–H and O–H groups in total. The van der Waals surface area contributed by atoms with Gasteiger partial charge in [0.15, 0.2) is 0 Å². The molecule has 0 heterocycles. The van der Waals surface area contributed by atoms with Crippen molar-refractivity contribution in [3.8, 4) is 0 Å². The van der Waals surface area contributed by atoms with Gasteiger partial charge in [0.2, 0.25) is 6.04 Å². The van der Waals surface area contributed by atoms with Crippen LogP contribution in [-0.4, -0.2) is 16.1 Å². The van der Waals surface area contributed by atoms with Gasteiger partial charge in [-0.3, -0.25) is 10.1 Å². The van der Waals surface area contributed by atoms with Crippen LogP contribution in [0.2, 0.25) is 5.02 Å². The van der Waals surface area contributed by atoms with E-state index in [1.165, 1.54) is 0 Å². The van der Waals surface area contributed by atoms with Crippen LogP contribution in [0.15, 0.2) is 24.3 Å². The van der Waals surface area contributed by atoms with Crippen LogP contribution in [-0.2, 0) is 0 Å². The van der Waals surface area contributed by atoms with Gasteiger partial charge in [-0.05, 0) is 30.5 Å². The van der Waals surface area contributed by atoms with E-state index in [2.05, 4.69) is 0 Å². The maximum absolute atomic E-state index is 10.9. The monoisotopic (exact) mass is 255 g/mol. The summed E-state index contributed by atoms with van der Waals surface area (Å²) in [6.45, 7) is 0. The van der Waals surface area contributed by atoms with Crippen molar-refractivity contribution in [1.29, 1.82) is 0 Å². The number of aliphatic hydroxyl groups is 1. The second-order valence-electron chi connectivity index (χ2n) is 4.44. The lowest BCUT2D eigenvalue weighted by atomic mass is 9.92. The fraction of sp³-hybridized carbons (Fsp3) is 0.500. The first-order valence-electron chi connectivity index (χ1n) is 5.66. The fourth-order valence-corrected chi connectivity index (χ4v) is 2.63. The second-order valence-corrected chi connectivity index (χ2v) is 4.88. The quantitative estimate of drug-likeness (QED) is 0.667. The van der Waals surface area contributed by atoms with Gasteiger partial charge in [-0.2, -0.15) is 0 Å². The fourth-order valence-electron chi connectivity index (χ4n) is 2.51. The van der Waals surface area contributed by atoms with Crippen LogP contribution in [0.4, 0.5) is 0 Å². The minimum absolute atomic E-state index is 0.267. The summed E-state index contributed by atoms with van der Waals surface area (Å²) in [6.07, 6.45) is 1.30. The molecule has 2 rings (SSSR count). The molecule has 3 atom stereocenters. The first-order valence-corrected chi connectivity index (χ1v) is 6.04. The number of benzene rings is 1. The summed E-state index contributed by atoms with van der Waals surface area (Å²) in [5.74, 6) is -0.286. The second kappa shape index (κ2) is 5.02. The van der Waals surface area contributed by atoms with E-state index in [9.17, 15) is 15.2 Å². The van der Waals surface area contributed by atoms with Gasteiger partial charge in [-0.1, -0.05) is 23.7 Å². The molecule has 1 saturated carbocycles. The molecule has 1 aromatic rings. The molecule has 4 nitrogen and oxygen atoms in total. The molecule has 0 bridgehead atoms. The summed E-state index contributed by atoms with van der Waals surface area (Å²) < 4.78 is 0. The van der Waals surface area contributed by atoms with Gasteiger partial charge in [0.25, 0.3) is 0 Å². The van der Waals surface area contributed by atoms with Crippen molar-refractivity contribution in [2.24, 2.45) is 5.92 Å². The highest BCUT2D eigenvalue weighted by Crippen LogP contribution is 2.37. The Bertz CT molecular complexity index is 407. The predicted molar refractivity (Wildman–Crippen MR) is 64.5 cm³/mol. The van der Waals surface area contributed by atoms with Crippen molar-refractivity contribution in [2.75, 3.05) is 0 Å². The zero-order valence-corrected chi connectivity index (χ0v) is 10.0. The lowest BCUT2D eigenvalue weighted by Crippen LogP contribution is -2.28. The molecule has 0 amide bonds. The zero-order chi connectivity index (χ0) is 12.4. The molecule has 0 saturated heterocycles. The van der Waals surface area contributed by atoms with E-state index in [-0.39, 0.29) is 10.8 Å². The maximum Gasteiger partial charge on any atom is 0.218 e. The van der Waals surface area contributed by atoms with Gasteiger partial charge in [-0.15, -0.1) is 0 Å². The van der Waals surface area contributed by atoms with Crippen LogP contribution in [0.25, 0.3) is 0 Å². The third-order valence-electron chi connectivity index (χ3n) is 3.42. The first-order chi connectivity index (χ1) is 8.09. The van der Waals surface area contributed by atoms with Gasteiger partial charge < -0.3 is 5.11 Å². The molecule has 3 unspecified atom stereocenters. The number of aliphatic hydroxyl groups excluding tert-OH is 1. The Morgan fingerprint density at radius 1 is 1.35 bits per heavy atom. The van der Waals surface area contributed by atoms with Crippen molar-refractivity contribution in [3.05, 3.63) is 45.0 Å². The average molecular weight is 256 g/mol. The molecule has 0 aromatic heterocycles. The van der Waals surface area contributed by atoms with Gasteiger partial charge in [0, 0.05) is 16.4 Å². The maximum atomic E-state index is 10.9. The Balaban J connectivity index is 2.16. The van der Waals surface area contributed by atoms with Crippen molar-refractivity contribution in [2.45, 2.75) is 31.4 Å². The number of hydrogen-bond acceptors (Lipinski definition) is 3. The number of rotatable bonds is 3. The van der Waals surface area contributed by atoms with Gasteiger partial charge in [0.05, 0.1) is 12.0 Å². The highest BCUT2D eigenvalue weighted by Gasteiger charge is 2.41. The van der Waals surface area contributed by atoms with Gasteiger partial charge >= 0.3 is 0 Å². The first kappa shape index (κ1) is 12.3. The third-order valence-corrected chi connectivity index (χ3v) is 3.67. The third kappa shape index (κ3) is 2.58. The molecule has 1 aliphatic carbocycles. The molecule has 0 spiro atoms. The van der Waals surface area contributed by atoms with Crippen LogP contribution in [0.1, 0.15) is 30.9 Å². The van der Waals surface area contributed by atoms with Crippen LogP contribution >= 0.6 is 11.6 Å². The van der Waals surface area contributed by atoms with Crippen LogP contribution in [0, 0.1) is 16.0 Å². The highest BCUT2D eigenvalue weighted by molar-refractivity contribution is 6.30. The Morgan fingerprint density at radius 3 is 2.59 bits per heavy atom. The summed E-state index contributed by atoms with van der Waals surface area (Å²) in [4.78, 5) is 10.6. The summed E-state index contributed by atoms with van der Waals surface area (Å²) in [6, 6.07) is 6.21. The average Bonchev–Trinajstić information content (AvgIpc) is 2.78. The standard InChI is InChI=1S/C12H14ClNO3/c13-9-6-4-8(5-7-9)12(15)10-2-1-3-11(10)14(16)17/h4-7,10-12,15H,1-3H2. The summed E-state index contributed by atoms with van der Waals surface area (Å²) in [5, 5.41) is 21.7. The molecule has 5 heteroatoms. The number of hydrogen-bond donors (Lipinski definition) is 1. The Kier molecular flexibility index (Phi) is 3.64. The summed E-state index contributed by atoms with van der Waals surface area (Å²) in [7, 11) is 0. The van der Waals surface area contributed by atoms with E-state index in [1.807, 2.05) is 0 Å². The van der Waals surface area contributed by atoms with E-state index in [1.54, 1.807) is 24.3 Å². The normalized spacial score (nSPS) is 25.8. The Hall–Kier alpha value is -1.13. The zero-order valence-electron chi connectivity index (χ0n) is 9.25. The van der Waals surface area contributed by atoms with Crippen LogP contribution in [0.5, 0.6) is 0 Å². The Morgan fingerprint density at radius 2 is 2.00 bits per heavy atom. The van der Waals surface area contributed by atoms with Crippen LogP contribution in [0.3, 0.4) is 0 Å². The molecule has 1 aromatic carbocycles. The van der Waals surface area contributed by atoms with Gasteiger partial charge in [0.1, 0.15) is 0 Å². The van der Waals surface area contributed by atoms with E-state index in [0.29, 0.717) is 23.4 Å². The molecule has 1 fully saturated rings. The molecule has 92 valence electrons. The number of nitro groups is 1.